The van der Waals surface area contributed by atoms with Gasteiger partial charge in [-0.3, -0.25) is 0 Å². The molecule has 142 valence electrons. The van der Waals surface area contributed by atoms with Crippen LogP contribution >= 0.6 is 11.3 Å². The lowest BCUT2D eigenvalue weighted by molar-refractivity contribution is 0.0931. The van der Waals surface area contributed by atoms with E-state index < -0.39 is 0 Å². The smallest absolute Gasteiger partial charge is 0.191 e. The predicted molar refractivity (Wildman–Crippen MR) is 110 cm³/mol. The van der Waals surface area contributed by atoms with E-state index in [2.05, 4.69) is 53.5 Å². The maximum atomic E-state index is 5.81. The summed E-state index contributed by atoms with van der Waals surface area (Å²) in [5, 5.41) is 7.74. The molecule has 1 unspecified atom stereocenters. The van der Waals surface area contributed by atoms with Crippen LogP contribution in [0.15, 0.2) is 41.5 Å². The number of aryl methyl sites for hydroxylation is 1. The number of thiazole rings is 1. The molecule has 0 aliphatic heterocycles. The van der Waals surface area contributed by atoms with Crippen molar-refractivity contribution in [3.8, 4) is 0 Å². The normalized spacial score (nSPS) is 12.8. The van der Waals surface area contributed by atoms with Crippen molar-refractivity contribution < 1.29 is 4.74 Å². The first kappa shape index (κ1) is 20.4. The highest BCUT2D eigenvalue weighted by atomic mass is 32.1. The predicted octanol–water partition coefficient (Wildman–Crippen LogP) is 3.61. The molecule has 1 aromatic heterocycles. The third-order valence-electron chi connectivity index (χ3n) is 3.80. The SMILES string of the molecule is CCNC(=NCc1ncc(CC)s1)NCC(C)COCc1ccccc1. The van der Waals surface area contributed by atoms with Crippen LogP contribution in [0.3, 0.4) is 0 Å². The van der Waals surface area contributed by atoms with Gasteiger partial charge in [0.25, 0.3) is 0 Å². The lowest BCUT2D eigenvalue weighted by Gasteiger charge is -2.16. The standard InChI is InChI=1S/C20H30N4OS/c1-4-18-12-22-19(26-18)13-24-20(21-5-2)23-11-16(3)14-25-15-17-9-7-6-8-10-17/h6-10,12,16H,4-5,11,13-15H2,1-3H3,(H2,21,23,24). The Morgan fingerprint density at radius 3 is 2.73 bits per heavy atom. The van der Waals surface area contributed by atoms with Crippen LogP contribution in [0.1, 0.15) is 36.2 Å². The second-order valence-corrected chi connectivity index (χ2v) is 7.46. The molecular weight excluding hydrogens is 344 g/mol. The van der Waals surface area contributed by atoms with Gasteiger partial charge in [0.1, 0.15) is 5.01 Å². The van der Waals surface area contributed by atoms with Gasteiger partial charge < -0.3 is 15.4 Å². The van der Waals surface area contributed by atoms with Gasteiger partial charge in [0, 0.05) is 24.2 Å². The van der Waals surface area contributed by atoms with Crippen molar-refractivity contribution in [2.24, 2.45) is 10.9 Å². The Bertz CT molecular complexity index is 657. The third-order valence-corrected chi connectivity index (χ3v) is 4.92. The molecule has 26 heavy (non-hydrogen) atoms. The highest BCUT2D eigenvalue weighted by Crippen LogP contribution is 2.14. The minimum atomic E-state index is 0.397. The number of hydrogen-bond donors (Lipinski definition) is 2. The van der Waals surface area contributed by atoms with Crippen molar-refractivity contribution in [1.29, 1.82) is 0 Å². The number of ether oxygens (including phenoxy) is 1. The van der Waals surface area contributed by atoms with Crippen molar-refractivity contribution >= 4 is 17.3 Å². The Kier molecular flexibility index (Phi) is 9.14. The summed E-state index contributed by atoms with van der Waals surface area (Å²) in [7, 11) is 0. The first-order valence-electron chi connectivity index (χ1n) is 9.28. The maximum absolute atomic E-state index is 5.81. The van der Waals surface area contributed by atoms with Crippen LogP contribution in [0.4, 0.5) is 0 Å². The van der Waals surface area contributed by atoms with Gasteiger partial charge in [-0.2, -0.15) is 0 Å². The van der Waals surface area contributed by atoms with Crippen molar-refractivity contribution in [3.63, 3.8) is 0 Å². The summed E-state index contributed by atoms with van der Waals surface area (Å²) in [6, 6.07) is 10.3. The molecule has 1 aromatic carbocycles. The van der Waals surface area contributed by atoms with Crippen LogP contribution in [0.5, 0.6) is 0 Å². The van der Waals surface area contributed by atoms with Gasteiger partial charge in [-0.1, -0.05) is 44.2 Å². The number of hydrogen-bond acceptors (Lipinski definition) is 4. The first-order chi connectivity index (χ1) is 12.7. The van der Waals surface area contributed by atoms with Gasteiger partial charge in [0.15, 0.2) is 5.96 Å². The maximum Gasteiger partial charge on any atom is 0.191 e. The molecule has 6 heteroatoms. The van der Waals surface area contributed by atoms with E-state index in [0.29, 0.717) is 25.7 Å². The van der Waals surface area contributed by atoms with Crippen LogP contribution < -0.4 is 10.6 Å². The number of guanidine groups is 1. The average Bonchev–Trinajstić information content (AvgIpc) is 3.13. The summed E-state index contributed by atoms with van der Waals surface area (Å²) in [5.74, 6) is 1.23. The molecule has 0 radical (unpaired) electrons. The zero-order chi connectivity index (χ0) is 18.6. The van der Waals surface area contributed by atoms with E-state index in [4.69, 9.17) is 4.74 Å². The molecule has 0 spiro atoms. The lowest BCUT2D eigenvalue weighted by Crippen LogP contribution is -2.40. The molecule has 2 aromatic rings. The molecular formula is C20H30N4OS. The van der Waals surface area contributed by atoms with Crippen LogP contribution in [-0.2, 0) is 24.3 Å². The average molecular weight is 375 g/mol. The zero-order valence-corrected chi connectivity index (χ0v) is 16.8. The van der Waals surface area contributed by atoms with Gasteiger partial charge in [-0.15, -0.1) is 11.3 Å². The van der Waals surface area contributed by atoms with Gasteiger partial charge >= 0.3 is 0 Å². The lowest BCUT2D eigenvalue weighted by atomic mass is 10.2. The first-order valence-corrected chi connectivity index (χ1v) is 10.1. The quantitative estimate of drug-likeness (QED) is 0.493. The topological polar surface area (TPSA) is 58.5 Å². The summed E-state index contributed by atoms with van der Waals surface area (Å²) < 4.78 is 5.81. The van der Waals surface area contributed by atoms with Crippen molar-refractivity contribution in [2.75, 3.05) is 19.7 Å². The molecule has 0 aliphatic carbocycles. The molecule has 0 saturated carbocycles. The fraction of sp³-hybridized carbons (Fsp3) is 0.500. The van der Waals surface area contributed by atoms with E-state index in [1.165, 1.54) is 10.4 Å². The Labute approximate surface area is 160 Å². The molecule has 0 saturated heterocycles. The third kappa shape index (κ3) is 7.54. The number of nitrogens with one attached hydrogen (secondary N) is 2. The Morgan fingerprint density at radius 2 is 2.04 bits per heavy atom. The van der Waals surface area contributed by atoms with Crippen molar-refractivity contribution in [3.05, 3.63) is 52.0 Å². The number of aliphatic imine (C=N–C) groups is 1. The van der Waals surface area contributed by atoms with Gasteiger partial charge in [-0.05, 0) is 24.8 Å². The van der Waals surface area contributed by atoms with E-state index in [0.717, 1.165) is 30.5 Å². The Morgan fingerprint density at radius 1 is 1.23 bits per heavy atom. The minimum absolute atomic E-state index is 0.397. The molecule has 1 atom stereocenters. The number of rotatable bonds is 10. The van der Waals surface area contributed by atoms with Gasteiger partial charge in [0.2, 0.25) is 0 Å². The van der Waals surface area contributed by atoms with Crippen molar-refractivity contribution in [1.82, 2.24) is 15.6 Å². The molecule has 1 heterocycles. The van der Waals surface area contributed by atoms with Gasteiger partial charge in [-0.25, -0.2) is 9.98 Å². The van der Waals surface area contributed by atoms with Crippen molar-refractivity contribution in [2.45, 2.75) is 40.3 Å². The fourth-order valence-corrected chi connectivity index (χ4v) is 3.14. The summed E-state index contributed by atoms with van der Waals surface area (Å²) in [6.07, 6.45) is 2.97. The monoisotopic (exact) mass is 374 g/mol. The second kappa shape index (κ2) is 11.6. The molecule has 2 N–H and O–H groups in total. The number of benzene rings is 1. The molecule has 2 rings (SSSR count). The number of aromatic nitrogens is 1. The minimum Gasteiger partial charge on any atom is -0.376 e. The largest absolute Gasteiger partial charge is 0.376 e. The molecule has 0 bridgehead atoms. The summed E-state index contributed by atoms with van der Waals surface area (Å²) in [4.78, 5) is 10.4. The van der Waals surface area contributed by atoms with Crippen LogP contribution in [-0.4, -0.2) is 30.6 Å². The van der Waals surface area contributed by atoms with E-state index in [1.807, 2.05) is 24.4 Å². The molecule has 0 amide bonds. The summed E-state index contributed by atoms with van der Waals surface area (Å²) in [5.41, 5.74) is 1.21. The Balaban J connectivity index is 1.73. The zero-order valence-electron chi connectivity index (χ0n) is 16.0. The van der Waals surface area contributed by atoms with E-state index in [9.17, 15) is 0 Å². The van der Waals surface area contributed by atoms with E-state index in [1.54, 1.807) is 11.3 Å². The van der Waals surface area contributed by atoms with Gasteiger partial charge in [0.05, 0.1) is 19.8 Å². The number of nitrogens with zero attached hydrogens (tertiary/aromatic N) is 2. The van der Waals surface area contributed by atoms with Crippen LogP contribution in [0.25, 0.3) is 0 Å². The van der Waals surface area contributed by atoms with E-state index >= 15 is 0 Å². The second-order valence-electron chi connectivity index (χ2n) is 6.26. The molecule has 0 aliphatic rings. The Hall–Kier alpha value is -1.92. The van der Waals surface area contributed by atoms with E-state index in [-0.39, 0.29) is 0 Å². The molecule has 0 fully saturated rings. The highest BCUT2D eigenvalue weighted by molar-refractivity contribution is 7.11. The summed E-state index contributed by atoms with van der Waals surface area (Å²) in [6.45, 7) is 10.0. The van der Waals surface area contributed by atoms with Crippen LogP contribution in [0, 0.1) is 5.92 Å². The van der Waals surface area contributed by atoms with Crippen LogP contribution in [0.2, 0.25) is 0 Å². The fourth-order valence-electron chi connectivity index (χ4n) is 2.36. The molecule has 5 nitrogen and oxygen atoms in total. The summed E-state index contributed by atoms with van der Waals surface area (Å²) >= 11 is 1.73. The highest BCUT2D eigenvalue weighted by Gasteiger charge is 2.06.